The van der Waals surface area contributed by atoms with Gasteiger partial charge in [-0.2, -0.15) is 0 Å². The molecule has 0 amide bonds. The monoisotopic (exact) mass is 350 g/mol. The number of fused-ring (bicyclic) bond motifs is 1. The lowest BCUT2D eigenvalue weighted by Crippen LogP contribution is -1.86. The van der Waals surface area contributed by atoms with Crippen molar-refractivity contribution in [2.45, 2.75) is 90.4 Å². The van der Waals surface area contributed by atoms with Gasteiger partial charge in [0.2, 0.25) is 0 Å². The molecule has 0 bridgehead atoms. The van der Waals surface area contributed by atoms with E-state index < -0.39 is 0 Å². The molecule has 26 heavy (non-hydrogen) atoms. The van der Waals surface area contributed by atoms with Crippen molar-refractivity contribution in [2.75, 3.05) is 0 Å². The molecule has 0 N–H and O–H groups in total. The van der Waals surface area contributed by atoms with E-state index in [1.54, 1.807) is 0 Å². The van der Waals surface area contributed by atoms with Crippen LogP contribution in [-0.4, -0.2) is 0 Å². The number of hydrogen-bond acceptors (Lipinski definition) is 0. The van der Waals surface area contributed by atoms with Crippen LogP contribution in [0.15, 0.2) is 54.6 Å². The first-order valence-electron chi connectivity index (χ1n) is 11.0. The van der Waals surface area contributed by atoms with Crippen molar-refractivity contribution in [3.8, 4) is 0 Å². The maximum Gasteiger partial charge on any atom is -0.0181 e. The molecule has 0 unspecified atom stereocenters. The standard InChI is InChI=1S/C26H38/c1-2-3-4-5-6-7-8-9-10-11-12-13-14-15-18-24-21-22-25-19-16-17-20-26(25)23-24/h10-11,16-17,19-23H,2-9,12-15,18H2,1H3/b11-10+. The van der Waals surface area contributed by atoms with E-state index >= 15 is 0 Å². The average molecular weight is 351 g/mol. The molecular weight excluding hydrogens is 312 g/mol. The van der Waals surface area contributed by atoms with Crippen LogP contribution in [0, 0.1) is 0 Å². The molecule has 0 aliphatic heterocycles. The van der Waals surface area contributed by atoms with Gasteiger partial charge in [0.05, 0.1) is 0 Å². The molecule has 0 nitrogen and oxygen atoms in total. The highest BCUT2D eigenvalue weighted by Gasteiger charge is 1.96. The Morgan fingerprint density at radius 1 is 0.615 bits per heavy atom. The minimum atomic E-state index is 1.21. The number of hydrogen-bond donors (Lipinski definition) is 0. The number of rotatable bonds is 14. The van der Waals surface area contributed by atoms with E-state index in [2.05, 4.69) is 61.5 Å². The zero-order valence-corrected chi connectivity index (χ0v) is 16.9. The van der Waals surface area contributed by atoms with Crippen LogP contribution in [-0.2, 0) is 6.42 Å². The van der Waals surface area contributed by atoms with Gasteiger partial charge in [0.25, 0.3) is 0 Å². The predicted octanol–water partition coefficient (Wildman–Crippen LogP) is 8.64. The minimum Gasteiger partial charge on any atom is -0.0885 e. The fourth-order valence-corrected chi connectivity index (χ4v) is 3.62. The van der Waals surface area contributed by atoms with Gasteiger partial charge in [-0.05, 0) is 54.9 Å². The Morgan fingerprint density at radius 2 is 1.23 bits per heavy atom. The van der Waals surface area contributed by atoms with Gasteiger partial charge in [-0.3, -0.25) is 0 Å². The quantitative estimate of drug-likeness (QED) is 0.236. The minimum absolute atomic E-state index is 1.21. The van der Waals surface area contributed by atoms with Gasteiger partial charge in [-0.15, -0.1) is 0 Å². The molecular formula is C26H38. The van der Waals surface area contributed by atoms with Crippen LogP contribution in [0.1, 0.15) is 89.5 Å². The number of allylic oxidation sites excluding steroid dienone is 2. The first-order valence-corrected chi connectivity index (χ1v) is 11.0. The van der Waals surface area contributed by atoms with Crippen molar-refractivity contribution >= 4 is 10.8 Å². The molecule has 2 rings (SSSR count). The van der Waals surface area contributed by atoms with Crippen LogP contribution in [0.4, 0.5) is 0 Å². The van der Waals surface area contributed by atoms with Gasteiger partial charge >= 0.3 is 0 Å². The van der Waals surface area contributed by atoms with Crippen LogP contribution in [0.2, 0.25) is 0 Å². The lowest BCUT2D eigenvalue weighted by Gasteiger charge is -2.04. The average Bonchev–Trinajstić information content (AvgIpc) is 2.68. The summed E-state index contributed by atoms with van der Waals surface area (Å²) < 4.78 is 0. The van der Waals surface area contributed by atoms with Crippen LogP contribution in [0.5, 0.6) is 0 Å². The first kappa shape index (κ1) is 20.7. The summed E-state index contributed by atoms with van der Waals surface area (Å²) in [4.78, 5) is 0. The molecule has 2 aromatic rings. The Kier molecular flexibility index (Phi) is 10.9. The van der Waals surface area contributed by atoms with Crippen LogP contribution < -0.4 is 0 Å². The van der Waals surface area contributed by atoms with E-state index in [0.717, 1.165) is 0 Å². The van der Waals surface area contributed by atoms with Crippen molar-refractivity contribution in [3.63, 3.8) is 0 Å². The molecule has 0 aliphatic carbocycles. The Morgan fingerprint density at radius 3 is 1.96 bits per heavy atom. The summed E-state index contributed by atoms with van der Waals surface area (Å²) in [5.41, 5.74) is 1.48. The first-order chi connectivity index (χ1) is 12.9. The number of aryl methyl sites for hydroxylation is 1. The number of benzene rings is 2. The van der Waals surface area contributed by atoms with Crippen LogP contribution in [0.25, 0.3) is 10.8 Å². The van der Waals surface area contributed by atoms with Gasteiger partial charge in [-0.25, -0.2) is 0 Å². The highest BCUT2D eigenvalue weighted by Crippen LogP contribution is 2.17. The third kappa shape index (κ3) is 8.70. The lowest BCUT2D eigenvalue weighted by molar-refractivity contribution is 0.592. The molecule has 0 spiro atoms. The van der Waals surface area contributed by atoms with Crippen molar-refractivity contribution in [2.24, 2.45) is 0 Å². The highest BCUT2D eigenvalue weighted by atomic mass is 14.0. The summed E-state index contributed by atoms with van der Waals surface area (Å²) in [7, 11) is 0. The van der Waals surface area contributed by atoms with Gasteiger partial charge in [0, 0.05) is 0 Å². The van der Waals surface area contributed by atoms with E-state index in [9.17, 15) is 0 Å². The van der Waals surface area contributed by atoms with Crippen LogP contribution in [0.3, 0.4) is 0 Å². The van der Waals surface area contributed by atoms with Crippen LogP contribution >= 0.6 is 0 Å². The fraction of sp³-hybridized carbons (Fsp3) is 0.538. The van der Waals surface area contributed by atoms with E-state index in [1.807, 2.05) is 0 Å². The van der Waals surface area contributed by atoms with Gasteiger partial charge in [-0.1, -0.05) is 106 Å². The second kappa shape index (κ2) is 13.6. The van der Waals surface area contributed by atoms with E-state index in [-0.39, 0.29) is 0 Å². The fourth-order valence-electron chi connectivity index (χ4n) is 3.62. The Bertz CT molecular complexity index is 623. The zero-order chi connectivity index (χ0) is 18.3. The summed E-state index contributed by atoms with van der Waals surface area (Å²) >= 11 is 0. The molecule has 0 saturated carbocycles. The third-order valence-electron chi connectivity index (χ3n) is 5.29. The topological polar surface area (TPSA) is 0 Å². The molecule has 0 radical (unpaired) electrons. The van der Waals surface area contributed by atoms with Crippen molar-refractivity contribution in [3.05, 3.63) is 60.2 Å². The summed E-state index contributed by atoms with van der Waals surface area (Å²) in [6.45, 7) is 2.29. The number of unbranched alkanes of at least 4 members (excludes halogenated alkanes) is 10. The lowest BCUT2D eigenvalue weighted by atomic mass is 10.0. The molecule has 0 fully saturated rings. The largest absolute Gasteiger partial charge is 0.0885 e. The maximum absolute atomic E-state index is 2.41. The van der Waals surface area contributed by atoms with E-state index in [0.29, 0.717) is 0 Å². The summed E-state index contributed by atoms with van der Waals surface area (Å²) in [6.07, 6.45) is 22.4. The molecule has 0 saturated heterocycles. The summed E-state index contributed by atoms with van der Waals surface area (Å²) in [5, 5.41) is 2.72. The second-order valence-corrected chi connectivity index (χ2v) is 7.66. The molecule has 2 aromatic carbocycles. The van der Waals surface area contributed by atoms with Gasteiger partial charge < -0.3 is 0 Å². The Hall–Kier alpha value is -1.56. The van der Waals surface area contributed by atoms with E-state index in [4.69, 9.17) is 0 Å². The smallest absolute Gasteiger partial charge is 0.0181 e. The normalized spacial score (nSPS) is 11.6. The summed E-state index contributed by atoms with van der Waals surface area (Å²) in [6, 6.07) is 15.6. The van der Waals surface area contributed by atoms with Gasteiger partial charge in [0.15, 0.2) is 0 Å². The molecule has 0 aliphatic rings. The molecule has 0 aromatic heterocycles. The second-order valence-electron chi connectivity index (χ2n) is 7.66. The SMILES string of the molecule is CCCCCCCCC/C=C/CCCCCc1ccc2ccccc2c1. The molecule has 0 heterocycles. The zero-order valence-electron chi connectivity index (χ0n) is 16.9. The highest BCUT2D eigenvalue weighted by molar-refractivity contribution is 5.82. The predicted molar refractivity (Wildman–Crippen MR) is 118 cm³/mol. The molecule has 0 heteroatoms. The van der Waals surface area contributed by atoms with E-state index in [1.165, 1.54) is 99.8 Å². The Balaban J connectivity index is 1.45. The van der Waals surface area contributed by atoms with Crippen molar-refractivity contribution < 1.29 is 0 Å². The third-order valence-corrected chi connectivity index (χ3v) is 5.29. The molecule has 0 atom stereocenters. The summed E-state index contributed by atoms with van der Waals surface area (Å²) in [5.74, 6) is 0. The van der Waals surface area contributed by atoms with Crippen molar-refractivity contribution in [1.82, 2.24) is 0 Å². The van der Waals surface area contributed by atoms with Gasteiger partial charge in [0.1, 0.15) is 0 Å². The molecule has 142 valence electrons. The maximum atomic E-state index is 2.41. The van der Waals surface area contributed by atoms with Crippen molar-refractivity contribution in [1.29, 1.82) is 0 Å². The Labute approximate surface area is 161 Å².